The van der Waals surface area contributed by atoms with Crippen LogP contribution in [0.2, 0.25) is 0 Å². The summed E-state index contributed by atoms with van der Waals surface area (Å²) in [4.78, 5) is 36.8. The van der Waals surface area contributed by atoms with Gasteiger partial charge in [-0.15, -0.1) is 11.8 Å². The first-order chi connectivity index (χ1) is 15.3. The van der Waals surface area contributed by atoms with E-state index in [1.54, 1.807) is 25.1 Å². The van der Waals surface area contributed by atoms with Crippen molar-refractivity contribution in [2.75, 3.05) is 10.6 Å². The number of amides is 2. The maximum atomic E-state index is 12.6. The average molecular weight is 449 g/mol. The molecule has 0 fully saturated rings. The standard InChI is InChI=1S/C25H24N2O4S/c1-16-8-9-19(25(30)31)15-22(16)27-24(29)17(2)32-21-12-10-20(11-13-21)26-23(28)14-18-6-4-3-5-7-18/h3-13,15,17H,14H2,1-2H3,(H,26,28)(H,27,29)(H,30,31). The highest BCUT2D eigenvalue weighted by molar-refractivity contribution is 8.00. The Bertz CT molecular complexity index is 1110. The molecule has 164 valence electrons. The lowest BCUT2D eigenvalue weighted by molar-refractivity contribution is -0.116. The van der Waals surface area contributed by atoms with Crippen LogP contribution in [0.4, 0.5) is 11.4 Å². The van der Waals surface area contributed by atoms with E-state index in [1.807, 2.05) is 49.4 Å². The van der Waals surface area contributed by atoms with Gasteiger partial charge >= 0.3 is 5.97 Å². The zero-order valence-electron chi connectivity index (χ0n) is 17.8. The van der Waals surface area contributed by atoms with Gasteiger partial charge in [-0.25, -0.2) is 4.79 Å². The number of carbonyl (C=O) groups is 3. The highest BCUT2D eigenvalue weighted by atomic mass is 32.2. The lowest BCUT2D eigenvalue weighted by atomic mass is 10.1. The molecule has 0 bridgehead atoms. The topological polar surface area (TPSA) is 95.5 Å². The van der Waals surface area contributed by atoms with Gasteiger partial charge in [0.1, 0.15) is 0 Å². The van der Waals surface area contributed by atoms with Gasteiger partial charge in [-0.2, -0.15) is 0 Å². The van der Waals surface area contributed by atoms with Crippen LogP contribution < -0.4 is 10.6 Å². The molecule has 0 saturated carbocycles. The largest absolute Gasteiger partial charge is 0.478 e. The third-order valence-electron chi connectivity index (χ3n) is 4.77. The molecule has 1 atom stereocenters. The molecule has 6 nitrogen and oxygen atoms in total. The lowest BCUT2D eigenvalue weighted by Gasteiger charge is -2.14. The Morgan fingerprint density at radius 2 is 1.62 bits per heavy atom. The molecular weight excluding hydrogens is 424 g/mol. The Morgan fingerprint density at radius 1 is 0.938 bits per heavy atom. The van der Waals surface area contributed by atoms with E-state index in [-0.39, 0.29) is 17.4 Å². The number of carboxylic acids is 1. The Kier molecular flexibility index (Phi) is 7.68. The normalized spacial score (nSPS) is 11.4. The first-order valence-corrected chi connectivity index (χ1v) is 10.9. The predicted molar refractivity (Wildman–Crippen MR) is 127 cm³/mol. The summed E-state index contributed by atoms with van der Waals surface area (Å²) >= 11 is 1.38. The average Bonchev–Trinajstić information content (AvgIpc) is 2.77. The van der Waals surface area contributed by atoms with E-state index < -0.39 is 11.2 Å². The number of carbonyl (C=O) groups excluding carboxylic acids is 2. The smallest absolute Gasteiger partial charge is 0.335 e. The summed E-state index contributed by atoms with van der Waals surface area (Å²) < 4.78 is 0. The van der Waals surface area contributed by atoms with Gasteiger partial charge in [0, 0.05) is 16.3 Å². The van der Waals surface area contributed by atoms with Crippen molar-refractivity contribution >= 4 is 40.9 Å². The fourth-order valence-corrected chi connectivity index (χ4v) is 3.85. The van der Waals surface area contributed by atoms with Gasteiger partial charge in [-0.1, -0.05) is 36.4 Å². The number of hydrogen-bond donors (Lipinski definition) is 3. The fraction of sp³-hybridized carbons (Fsp3) is 0.160. The molecule has 3 rings (SSSR count). The zero-order chi connectivity index (χ0) is 23.1. The van der Waals surface area contributed by atoms with E-state index in [9.17, 15) is 14.4 Å². The molecule has 0 aliphatic carbocycles. The SMILES string of the molecule is Cc1ccc(C(=O)O)cc1NC(=O)C(C)Sc1ccc(NC(=O)Cc2ccccc2)cc1. The van der Waals surface area contributed by atoms with Crippen LogP contribution in [-0.4, -0.2) is 28.1 Å². The number of thioether (sulfide) groups is 1. The van der Waals surface area contributed by atoms with Gasteiger partial charge in [-0.3, -0.25) is 9.59 Å². The third kappa shape index (κ3) is 6.46. The van der Waals surface area contributed by atoms with Crippen molar-refractivity contribution in [3.63, 3.8) is 0 Å². The molecule has 0 heterocycles. The quantitative estimate of drug-likeness (QED) is 0.422. The molecule has 32 heavy (non-hydrogen) atoms. The van der Waals surface area contributed by atoms with Gasteiger partial charge in [0.2, 0.25) is 11.8 Å². The molecule has 0 spiro atoms. The summed E-state index contributed by atoms with van der Waals surface area (Å²) in [6.07, 6.45) is 0.303. The summed E-state index contributed by atoms with van der Waals surface area (Å²) in [5.74, 6) is -1.36. The molecule has 0 radical (unpaired) electrons. The number of hydrogen-bond acceptors (Lipinski definition) is 4. The highest BCUT2D eigenvalue weighted by Crippen LogP contribution is 2.26. The van der Waals surface area contributed by atoms with Crippen LogP contribution in [0, 0.1) is 6.92 Å². The number of anilines is 2. The second-order valence-electron chi connectivity index (χ2n) is 7.32. The molecule has 1 unspecified atom stereocenters. The maximum absolute atomic E-state index is 12.6. The molecule has 3 N–H and O–H groups in total. The van der Waals surface area contributed by atoms with E-state index >= 15 is 0 Å². The molecule has 0 saturated heterocycles. The summed E-state index contributed by atoms with van der Waals surface area (Å²) in [5, 5.41) is 14.4. The van der Waals surface area contributed by atoms with Crippen molar-refractivity contribution in [2.24, 2.45) is 0 Å². The highest BCUT2D eigenvalue weighted by Gasteiger charge is 2.16. The summed E-state index contributed by atoms with van der Waals surface area (Å²) in [6.45, 7) is 3.59. The van der Waals surface area contributed by atoms with Gasteiger partial charge in [0.15, 0.2) is 0 Å². The number of aryl methyl sites for hydroxylation is 1. The summed E-state index contributed by atoms with van der Waals surface area (Å²) in [7, 11) is 0. The second-order valence-corrected chi connectivity index (χ2v) is 8.73. The molecule has 3 aromatic carbocycles. The molecule has 0 aliphatic heterocycles. The zero-order valence-corrected chi connectivity index (χ0v) is 18.6. The van der Waals surface area contributed by atoms with E-state index in [0.29, 0.717) is 17.8 Å². The second kappa shape index (κ2) is 10.6. The van der Waals surface area contributed by atoms with E-state index in [0.717, 1.165) is 16.0 Å². The van der Waals surface area contributed by atoms with Crippen LogP contribution >= 0.6 is 11.8 Å². The third-order valence-corrected chi connectivity index (χ3v) is 5.88. The van der Waals surface area contributed by atoms with Crippen LogP contribution in [0.15, 0.2) is 77.7 Å². The Hall–Kier alpha value is -3.58. The fourth-order valence-electron chi connectivity index (χ4n) is 2.98. The number of rotatable bonds is 8. The number of carboxylic acid groups (broad SMARTS) is 1. The Morgan fingerprint density at radius 3 is 2.28 bits per heavy atom. The van der Waals surface area contributed by atoms with E-state index in [4.69, 9.17) is 5.11 Å². The van der Waals surface area contributed by atoms with Crippen molar-refractivity contribution in [3.8, 4) is 0 Å². The van der Waals surface area contributed by atoms with Gasteiger partial charge < -0.3 is 15.7 Å². The molecular formula is C25H24N2O4S. The maximum Gasteiger partial charge on any atom is 0.335 e. The van der Waals surface area contributed by atoms with Crippen LogP contribution in [0.3, 0.4) is 0 Å². The molecule has 2 amide bonds. The van der Waals surface area contributed by atoms with Crippen LogP contribution in [0.5, 0.6) is 0 Å². The van der Waals surface area contributed by atoms with Crippen molar-refractivity contribution < 1.29 is 19.5 Å². The minimum absolute atomic E-state index is 0.0942. The monoisotopic (exact) mass is 448 g/mol. The first kappa shape index (κ1) is 23.1. The molecule has 0 aliphatic rings. The number of aromatic carboxylic acids is 1. The van der Waals surface area contributed by atoms with Crippen LogP contribution in [0.1, 0.15) is 28.4 Å². The van der Waals surface area contributed by atoms with Crippen molar-refractivity contribution in [2.45, 2.75) is 30.4 Å². The van der Waals surface area contributed by atoms with Crippen molar-refractivity contribution in [1.29, 1.82) is 0 Å². The van der Waals surface area contributed by atoms with Crippen LogP contribution in [-0.2, 0) is 16.0 Å². The lowest BCUT2D eigenvalue weighted by Crippen LogP contribution is -2.23. The van der Waals surface area contributed by atoms with Gasteiger partial charge in [0.05, 0.1) is 17.2 Å². The van der Waals surface area contributed by atoms with Gasteiger partial charge in [0.25, 0.3) is 0 Å². The van der Waals surface area contributed by atoms with E-state index in [1.165, 1.54) is 23.9 Å². The summed E-state index contributed by atoms with van der Waals surface area (Å²) in [5.41, 5.74) is 3.03. The minimum Gasteiger partial charge on any atom is -0.478 e. The van der Waals surface area contributed by atoms with Gasteiger partial charge in [-0.05, 0) is 61.4 Å². The Balaban J connectivity index is 1.55. The number of nitrogens with one attached hydrogen (secondary N) is 2. The molecule has 3 aromatic rings. The van der Waals surface area contributed by atoms with E-state index in [2.05, 4.69) is 10.6 Å². The van der Waals surface area contributed by atoms with Crippen LogP contribution in [0.25, 0.3) is 0 Å². The van der Waals surface area contributed by atoms with Crippen molar-refractivity contribution in [3.05, 3.63) is 89.5 Å². The minimum atomic E-state index is -1.04. The number of benzene rings is 3. The Labute approximate surface area is 191 Å². The molecule has 7 heteroatoms. The summed E-state index contributed by atoms with van der Waals surface area (Å²) in [6, 6.07) is 21.5. The first-order valence-electron chi connectivity index (χ1n) is 10.1. The van der Waals surface area contributed by atoms with Crippen molar-refractivity contribution in [1.82, 2.24) is 0 Å². The predicted octanol–water partition coefficient (Wildman–Crippen LogP) is 4.99. The molecule has 0 aromatic heterocycles.